The Morgan fingerprint density at radius 2 is 2.38 bits per heavy atom. The van der Waals surface area contributed by atoms with Gasteiger partial charge >= 0.3 is 0 Å². The zero-order valence-corrected chi connectivity index (χ0v) is 8.43. The minimum Gasteiger partial charge on any atom is -0.375 e. The molecule has 0 radical (unpaired) electrons. The third kappa shape index (κ3) is 1.52. The Labute approximate surface area is 84.0 Å². The number of aromatic nitrogens is 3. The van der Waals surface area contributed by atoms with Gasteiger partial charge in [0, 0.05) is 18.8 Å². The van der Waals surface area contributed by atoms with Crippen molar-refractivity contribution in [1.29, 1.82) is 0 Å². The lowest BCUT2D eigenvalue weighted by atomic mass is 10.3. The van der Waals surface area contributed by atoms with Gasteiger partial charge in [0.25, 0.3) is 0 Å². The van der Waals surface area contributed by atoms with Crippen LogP contribution in [0, 0.1) is 0 Å². The monoisotopic (exact) mass is 214 g/mol. The molecule has 2 N–H and O–H groups in total. The second-order valence-electron chi connectivity index (χ2n) is 2.58. The summed E-state index contributed by atoms with van der Waals surface area (Å²) in [5, 5.41) is 4.50. The highest BCUT2D eigenvalue weighted by molar-refractivity contribution is 7.19. The molecule has 0 bridgehead atoms. The van der Waals surface area contributed by atoms with Crippen molar-refractivity contribution in [3.8, 4) is 11.3 Å². The molecule has 0 saturated carbocycles. The molecule has 6 heteroatoms. The van der Waals surface area contributed by atoms with Crippen molar-refractivity contribution in [2.24, 2.45) is 7.05 Å². The Bertz CT molecular complexity index is 433. The van der Waals surface area contributed by atoms with Gasteiger partial charge < -0.3 is 5.73 Å². The van der Waals surface area contributed by atoms with Crippen LogP contribution in [-0.4, -0.2) is 14.8 Å². The van der Waals surface area contributed by atoms with E-state index in [4.69, 9.17) is 17.3 Å². The predicted octanol–water partition coefficient (Wildman–Crippen LogP) is 1.78. The molecule has 68 valence electrons. The fourth-order valence-corrected chi connectivity index (χ4v) is 2.01. The van der Waals surface area contributed by atoms with Gasteiger partial charge in [-0.15, -0.1) is 0 Å². The van der Waals surface area contributed by atoms with Crippen LogP contribution in [0.4, 0.5) is 5.13 Å². The highest BCUT2D eigenvalue weighted by atomic mass is 35.5. The molecule has 2 heterocycles. The van der Waals surface area contributed by atoms with Gasteiger partial charge in [-0.2, -0.15) is 5.10 Å². The molecule has 0 spiro atoms. The lowest BCUT2D eigenvalue weighted by Crippen LogP contribution is -1.84. The molecule has 4 nitrogen and oxygen atoms in total. The van der Waals surface area contributed by atoms with E-state index in [9.17, 15) is 0 Å². The van der Waals surface area contributed by atoms with Crippen molar-refractivity contribution in [1.82, 2.24) is 14.8 Å². The Morgan fingerprint density at radius 1 is 1.62 bits per heavy atom. The first-order valence-electron chi connectivity index (χ1n) is 3.57. The van der Waals surface area contributed by atoms with Crippen LogP contribution >= 0.6 is 22.9 Å². The van der Waals surface area contributed by atoms with Gasteiger partial charge in [0.05, 0.1) is 6.20 Å². The first-order valence-corrected chi connectivity index (χ1v) is 4.77. The van der Waals surface area contributed by atoms with E-state index in [2.05, 4.69) is 10.1 Å². The molecule has 0 aliphatic carbocycles. The van der Waals surface area contributed by atoms with Crippen molar-refractivity contribution in [3.05, 3.63) is 16.7 Å². The highest BCUT2D eigenvalue weighted by Crippen LogP contribution is 2.33. The Morgan fingerprint density at radius 3 is 2.85 bits per heavy atom. The third-order valence-corrected chi connectivity index (χ3v) is 2.66. The molecular weight excluding hydrogens is 208 g/mol. The second-order valence-corrected chi connectivity index (χ2v) is 4.21. The van der Waals surface area contributed by atoms with Crippen LogP contribution in [-0.2, 0) is 7.05 Å². The van der Waals surface area contributed by atoms with Crippen molar-refractivity contribution in [2.45, 2.75) is 0 Å². The summed E-state index contributed by atoms with van der Waals surface area (Å²) in [6, 6.07) is 0. The SMILES string of the molecule is Cn1cc(-c2nc(N)sc2Cl)cn1. The number of nitrogens with zero attached hydrogens (tertiary/aromatic N) is 3. The number of hydrogen-bond acceptors (Lipinski definition) is 4. The Hall–Kier alpha value is -1.07. The smallest absolute Gasteiger partial charge is 0.182 e. The van der Waals surface area contributed by atoms with Crippen LogP contribution in [0.1, 0.15) is 0 Å². The van der Waals surface area contributed by atoms with Crippen LogP contribution in [0.3, 0.4) is 0 Å². The summed E-state index contributed by atoms with van der Waals surface area (Å²) >= 11 is 7.20. The van der Waals surface area contributed by atoms with Crippen molar-refractivity contribution < 1.29 is 0 Å². The standard InChI is InChI=1S/C7H7ClN4S/c1-12-3-4(2-10-12)5-6(8)13-7(9)11-5/h2-3H,1H3,(H2,9,11). The van der Waals surface area contributed by atoms with E-state index in [0.29, 0.717) is 15.2 Å². The van der Waals surface area contributed by atoms with Crippen molar-refractivity contribution >= 4 is 28.1 Å². The van der Waals surface area contributed by atoms with E-state index >= 15 is 0 Å². The number of thiazole rings is 1. The van der Waals surface area contributed by atoms with Gasteiger partial charge in [-0.1, -0.05) is 22.9 Å². The summed E-state index contributed by atoms with van der Waals surface area (Å²) in [4.78, 5) is 4.10. The van der Waals surface area contributed by atoms with Crippen LogP contribution in [0.15, 0.2) is 12.4 Å². The second kappa shape index (κ2) is 3.01. The number of hydrogen-bond donors (Lipinski definition) is 1. The van der Waals surface area contributed by atoms with Gasteiger partial charge in [-0.05, 0) is 0 Å². The van der Waals surface area contributed by atoms with Gasteiger partial charge in [-0.25, -0.2) is 4.98 Å². The molecule has 0 fully saturated rings. The van der Waals surface area contributed by atoms with Crippen LogP contribution in [0.2, 0.25) is 4.34 Å². The zero-order chi connectivity index (χ0) is 9.42. The maximum atomic E-state index is 5.93. The summed E-state index contributed by atoms with van der Waals surface area (Å²) in [6.07, 6.45) is 3.56. The quantitative estimate of drug-likeness (QED) is 0.787. The molecule has 2 aromatic heterocycles. The van der Waals surface area contributed by atoms with Gasteiger partial charge in [0.15, 0.2) is 5.13 Å². The van der Waals surface area contributed by atoms with Gasteiger partial charge in [-0.3, -0.25) is 4.68 Å². The average molecular weight is 215 g/mol. The summed E-state index contributed by atoms with van der Waals surface area (Å²) in [5.41, 5.74) is 7.11. The van der Waals surface area contributed by atoms with E-state index in [0.717, 1.165) is 5.56 Å². The molecule has 0 aromatic carbocycles. The largest absolute Gasteiger partial charge is 0.375 e. The number of anilines is 1. The molecular formula is C7H7ClN4S. The van der Waals surface area contributed by atoms with Crippen LogP contribution in [0.25, 0.3) is 11.3 Å². The molecule has 0 amide bonds. The van der Waals surface area contributed by atoms with E-state index in [1.54, 1.807) is 10.9 Å². The Balaban J connectivity index is 2.51. The number of nitrogens with two attached hydrogens (primary N) is 1. The van der Waals surface area contributed by atoms with Crippen LogP contribution in [0.5, 0.6) is 0 Å². The number of rotatable bonds is 1. The normalized spacial score (nSPS) is 10.6. The van der Waals surface area contributed by atoms with Crippen molar-refractivity contribution in [2.75, 3.05) is 5.73 Å². The summed E-state index contributed by atoms with van der Waals surface area (Å²) in [6.45, 7) is 0. The van der Waals surface area contributed by atoms with Crippen molar-refractivity contribution in [3.63, 3.8) is 0 Å². The number of halogens is 1. The molecule has 2 rings (SSSR count). The first-order chi connectivity index (χ1) is 6.16. The molecule has 0 unspecified atom stereocenters. The molecule has 0 aliphatic heterocycles. The third-order valence-electron chi connectivity index (χ3n) is 1.58. The maximum Gasteiger partial charge on any atom is 0.182 e. The summed E-state index contributed by atoms with van der Waals surface area (Å²) in [5.74, 6) is 0. The van der Waals surface area contributed by atoms with Gasteiger partial charge in [0.2, 0.25) is 0 Å². The minimum absolute atomic E-state index is 0.476. The Kier molecular flexibility index (Phi) is 1.97. The predicted molar refractivity (Wildman–Crippen MR) is 53.7 cm³/mol. The van der Waals surface area contributed by atoms with Crippen LogP contribution < -0.4 is 5.73 Å². The molecule has 0 atom stereocenters. The first kappa shape index (κ1) is 8.52. The fourth-order valence-electron chi connectivity index (χ4n) is 1.04. The molecule has 0 saturated heterocycles. The molecule has 13 heavy (non-hydrogen) atoms. The lowest BCUT2D eigenvalue weighted by molar-refractivity contribution is 0.768. The van der Waals surface area contributed by atoms with Gasteiger partial charge in [0.1, 0.15) is 10.0 Å². The van der Waals surface area contributed by atoms with E-state index in [1.807, 2.05) is 13.2 Å². The van der Waals surface area contributed by atoms with E-state index in [-0.39, 0.29) is 0 Å². The minimum atomic E-state index is 0.476. The topological polar surface area (TPSA) is 56.7 Å². The fraction of sp³-hybridized carbons (Fsp3) is 0.143. The summed E-state index contributed by atoms with van der Waals surface area (Å²) < 4.78 is 2.30. The molecule has 2 aromatic rings. The average Bonchev–Trinajstić information content (AvgIpc) is 2.58. The highest BCUT2D eigenvalue weighted by Gasteiger charge is 2.10. The lowest BCUT2D eigenvalue weighted by Gasteiger charge is -1.88. The van der Waals surface area contributed by atoms with E-state index < -0.39 is 0 Å². The number of aryl methyl sites for hydroxylation is 1. The number of nitrogen functional groups attached to an aromatic ring is 1. The maximum absolute atomic E-state index is 5.93. The zero-order valence-electron chi connectivity index (χ0n) is 6.86. The van der Waals surface area contributed by atoms with E-state index in [1.165, 1.54) is 11.3 Å². The molecule has 0 aliphatic rings. The summed E-state index contributed by atoms with van der Waals surface area (Å²) in [7, 11) is 1.84.